The first-order chi connectivity index (χ1) is 12.0. The van der Waals surface area contributed by atoms with Gasteiger partial charge in [-0.25, -0.2) is 0 Å². The molecule has 130 valence electrons. The molecule has 0 amide bonds. The molecule has 1 heterocycles. The summed E-state index contributed by atoms with van der Waals surface area (Å²) in [4.78, 5) is 15.8. The van der Waals surface area contributed by atoms with E-state index in [4.69, 9.17) is 23.8 Å². The molecule has 1 saturated heterocycles. The Kier molecular flexibility index (Phi) is 5.56. The average Bonchev–Trinajstić information content (AvgIpc) is 2.64. The van der Waals surface area contributed by atoms with Gasteiger partial charge in [0.25, 0.3) is 0 Å². The zero-order chi connectivity index (χ0) is 17.8. The van der Waals surface area contributed by atoms with Crippen molar-refractivity contribution in [2.24, 2.45) is 0 Å². The number of rotatable bonds is 3. The van der Waals surface area contributed by atoms with Crippen molar-refractivity contribution in [2.45, 2.75) is 6.92 Å². The summed E-state index contributed by atoms with van der Waals surface area (Å²) in [5.74, 6) is 0.0902. The Labute approximate surface area is 158 Å². The lowest BCUT2D eigenvalue weighted by Crippen LogP contribution is -2.50. The van der Waals surface area contributed by atoms with E-state index in [-0.39, 0.29) is 5.78 Å². The third kappa shape index (κ3) is 4.30. The van der Waals surface area contributed by atoms with Crippen LogP contribution in [-0.4, -0.2) is 42.0 Å². The topological polar surface area (TPSA) is 35.6 Å². The van der Waals surface area contributed by atoms with Gasteiger partial charge in [0.05, 0.1) is 10.7 Å². The third-order valence-corrected chi connectivity index (χ3v) is 5.01. The first-order valence-electron chi connectivity index (χ1n) is 8.21. The highest BCUT2D eigenvalue weighted by Crippen LogP contribution is 2.22. The lowest BCUT2D eigenvalue weighted by molar-refractivity contribution is 0.101. The molecule has 25 heavy (non-hydrogen) atoms. The molecule has 3 rings (SSSR count). The van der Waals surface area contributed by atoms with Crippen LogP contribution in [0.15, 0.2) is 48.5 Å². The number of nitrogens with one attached hydrogen (secondary N) is 1. The first kappa shape index (κ1) is 17.7. The monoisotopic (exact) mass is 373 g/mol. The number of anilines is 2. The fraction of sp³-hybridized carbons (Fsp3) is 0.263. The van der Waals surface area contributed by atoms with Crippen LogP contribution in [-0.2, 0) is 0 Å². The summed E-state index contributed by atoms with van der Waals surface area (Å²) in [6.07, 6.45) is 0. The number of carbonyl (C=O) groups excluding carboxylic acids is 1. The van der Waals surface area contributed by atoms with Crippen LogP contribution >= 0.6 is 23.8 Å². The SMILES string of the molecule is CC(=O)c1ccc(N2CCN(C(=S)Nc3ccccc3Cl)CC2)cc1. The first-order valence-corrected chi connectivity index (χ1v) is 8.99. The van der Waals surface area contributed by atoms with E-state index >= 15 is 0 Å². The maximum atomic E-state index is 11.4. The molecule has 0 saturated carbocycles. The lowest BCUT2D eigenvalue weighted by atomic mass is 10.1. The third-order valence-electron chi connectivity index (χ3n) is 4.32. The van der Waals surface area contributed by atoms with Gasteiger partial charge < -0.3 is 15.1 Å². The fourth-order valence-electron chi connectivity index (χ4n) is 2.83. The van der Waals surface area contributed by atoms with E-state index in [1.54, 1.807) is 6.92 Å². The molecule has 1 aliphatic rings. The number of Topliss-reactive ketones (excluding diaryl/α,β-unsaturated/α-hetero) is 1. The van der Waals surface area contributed by atoms with Crippen molar-refractivity contribution in [1.29, 1.82) is 0 Å². The smallest absolute Gasteiger partial charge is 0.173 e. The number of benzene rings is 2. The van der Waals surface area contributed by atoms with Crippen LogP contribution < -0.4 is 10.2 Å². The van der Waals surface area contributed by atoms with Gasteiger partial charge in [-0.05, 0) is 55.5 Å². The van der Waals surface area contributed by atoms with E-state index in [1.165, 1.54) is 0 Å². The number of piperazine rings is 1. The molecule has 1 N–H and O–H groups in total. The fourth-order valence-corrected chi connectivity index (χ4v) is 3.31. The zero-order valence-corrected chi connectivity index (χ0v) is 15.6. The second kappa shape index (κ2) is 7.85. The molecule has 4 nitrogen and oxygen atoms in total. The van der Waals surface area contributed by atoms with Gasteiger partial charge in [-0.15, -0.1) is 0 Å². The van der Waals surface area contributed by atoms with E-state index in [0.29, 0.717) is 10.1 Å². The van der Waals surface area contributed by atoms with Crippen molar-refractivity contribution in [2.75, 3.05) is 36.4 Å². The summed E-state index contributed by atoms with van der Waals surface area (Å²) in [5.41, 5.74) is 2.71. The summed E-state index contributed by atoms with van der Waals surface area (Å²) in [6, 6.07) is 15.4. The van der Waals surface area contributed by atoms with Crippen LogP contribution in [0.3, 0.4) is 0 Å². The van der Waals surface area contributed by atoms with Crippen molar-refractivity contribution >= 4 is 46.1 Å². The highest BCUT2D eigenvalue weighted by atomic mass is 35.5. The Morgan fingerprint density at radius 3 is 2.28 bits per heavy atom. The van der Waals surface area contributed by atoms with Crippen LogP contribution in [0.25, 0.3) is 0 Å². The highest BCUT2D eigenvalue weighted by Gasteiger charge is 2.19. The van der Waals surface area contributed by atoms with Gasteiger partial charge in [-0.3, -0.25) is 4.79 Å². The van der Waals surface area contributed by atoms with Gasteiger partial charge in [0.15, 0.2) is 10.9 Å². The normalized spacial score (nSPS) is 14.3. The molecule has 6 heteroatoms. The second-order valence-corrected chi connectivity index (χ2v) is 6.78. The molecule has 0 unspecified atom stereocenters. The van der Waals surface area contributed by atoms with Gasteiger partial charge in [0, 0.05) is 37.4 Å². The summed E-state index contributed by atoms with van der Waals surface area (Å²) in [5, 5.41) is 4.58. The molecule has 1 aliphatic heterocycles. The maximum absolute atomic E-state index is 11.4. The predicted molar refractivity (Wildman–Crippen MR) is 108 cm³/mol. The number of ketones is 1. The summed E-state index contributed by atoms with van der Waals surface area (Å²) in [6.45, 7) is 5.02. The molecule has 0 spiro atoms. The average molecular weight is 374 g/mol. The molecule has 1 fully saturated rings. The summed E-state index contributed by atoms with van der Waals surface area (Å²) < 4.78 is 0. The zero-order valence-electron chi connectivity index (χ0n) is 14.0. The van der Waals surface area contributed by atoms with E-state index < -0.39 is 0 Å². The minimum Gasteiger partial charge on any atom is -0.368 e. The maximum Gasteiger partial charge on any atom is 0.173 e. The van der Waals surface area contributed by atoms with Gasteiger partial charge in [0.2, 0.25) is 0 Å². The summed E-state index contributed by atoms with van der Waals surface area (Å²) in [7, 11) is 0. The van der Waals surface area contributed by atoms with Gasteiger partial charge >= 0.3 is 0 Å². The Balaban J connectivity index is 1.57. The molecule has 2 aromatic rings. The molecule has 0 aromatic heterocycles. The molecule has 0 aliphatic carbocycles. The van der Waals surface area contributed by atoms with E-state index in [9.17, 15) is 4.79 Å². The van der Waals surface area contributed by atoms with Crippen molar-refractivity contribution in [1.82, 2.24) is 4.90 Å². The largest absolute Gasteiger partial charge is 0.368 e. The number of carbonyl (C=O) groups is 1. The van der Waals surface area contributed by atoms with E-state index in [2.05, 4.69) is 15.1 Å². The Hall–Kier alpha value is -2.11. The number of halogens is 1. The predicted octanol–water partition coefficient (Wildman–Crippen LogP) is 4.06. The Morgan fingerprint density at radius 2 is 1.68 bits per heavy atom. The number of nitrogens with zero attached hydrogens (tertiary/aromatic N) is 2. The van der Waals surface area contributed by atoms with Crippen molar-refractivity contribution in [3.05, 3.63) is 59.1 Å². The van der Waals surface area contributed by atoms with Crippen LogP contribution in [0.5, 0.6) is 0 Å². The van der Waals surface area contributed by atoms with Gasteiger partial charge in [-0.1, -0.05) is 23.7 Å². The van der Waals surface area contributed by atoms with Gasteiger partial charge in [-0.2, -0.15) is 0 Å². The quantitative estimate of drug-likeness (QED) is 0.648. The van der Waals surface area contributed by atoms with E-state index in [0.717, 1.165) is 43.1 Å². The molecule has 0 radical (unpaired) electrons. The Bertz CT molecular complexity index is 770. The second-order valence-electron chi connectivity index (χ2n) is 5.99. The summed E-state index contributed by atoms with van der Waals surface area (Å²) >= 11 is 11.7. The minimum absolute atomic E-state index is 0.0902. The molecule has 0 bridgehead atoms. The lowest BCUT2D eigenvalue weighted by Gasteiger charge is -2.37. The van der Waals surface area contributed by atoms with Crippen LogP contribution in [0.4, 0.5) is 11.4 Å². The highest BCUT2D eigenvalue weighted by molar-refractivity contribution is 7.80. The number of para-hydroxylation sites is 1. The standard InChI is InChI=1S/C19H20ClN3OS/c1-14(24)15-6-8-16(9-7-15)22-10-12-23(13-11-22)19(25)21-18-5-3-2-4-17(18)20/h2-9H,10-13H2,1H3,(H,21,25). The van der Waals surface area contributed by atoms with Gasteiger partial charge in [0.1, 0.15) is 0 Å². The number of thiocarbonyl (C=S) groups is 1. The van der Waals surface area contributed by atoms with Crippen LogP contribution in [0, 0.1) is 0 Å². The number of hydrogen-bond donors (Lipinski definition) is 1. The van der Waals surface area contributed by atoms with Crippen molar-refractivity contribution in [3.63, 3.8) is 0 Å². The van der Waals surface area contributed by atoms with E-state index in [1.807, 2.05) is 48.5 Å². The molecular weight excluding hydrogens is 354 g/mol. The van der Waals surface area contributed by atoms with Crippen LogP contribution in [0.1, 0.15) is 17.3 Å². The van der Waals surface area contributed by atoms with Crippen molar-refractivity contribution < 1.29 is 4.79 Å². The molecule has 2 aromatic carbocycles. The van der Waals surface area contributed by atoms with Crippen molar-refractivity contribution in [3.8, 4) is 0 Å². The molecular formula is C19H20ClN3OS. The molecule has 0 atom stereocenters. The minimum atomic E-state index is 0.0902. The van der Waals surface area contributed by atoms with Crippen LogP contribution in [0.2, 0.25) is 5.02 Å². The Morgan fingerprint density at radius 1 is 1.04 bits per heavy atom. The number of hydrogen-bond acceptors (Lipinski definition) is 3.